The number of benzene rings is 2. The van der Waals surface area contributed by atoms with Gasteiger partial charge in [0.05, 0.1) is 14.2 Å². The number of hydrogen-bond acceptors (Lipinski definition) is 5. The summed E-state index contributed by atoms with van der Waals surface area (Å²) in [6.45, 7) is 5.74. The van der Waals surface area contributed by atoms with Crippen molar-refractivity contribution in [2.45, 2.75) is 39.2 Å². The molecule has 1 N–H and O–H groups in total. The van der Waals surface area contributed by atoms with Gasteiger partial charge in [-0.2, -0.15) is 0 Å². The zero-order chi connectivity index (χ0) is 22.1. The first-order chi connectivity index (χ1) is 14.4. The highest BCUT2D eigenvalue weighted by atomic mass is 16.5. The van der Waals surface area contributed by atoms with Crippen molar-refractivity contribution in [3.63, 3.8) is 0 Å². The first-order valence-corrected chi connectivity index (χ1v) is 9.90. The number of amides is 1. The number of anilines is 1. The van der Waals surface area contributed by atoms with E-state index in [-0.39, 0.29) is 5.91 Å². The average molecular weight is 411 g/mol. The van der Waals surface area contributed by atoms with E-state index < -0.39 is 12.1 Å². The van der Waals surface area contributed by atoms with Crippen molar-refractivity contribution in [2.75, 3.05) is 19.5 Å². The van der Waals surface area contributed by atoms with Crippen LogP contribution in [0.15, 0.2) is 48.5 Å². The highest BCUT2D eigenvalue weighted by Crippen LogP contribution is 2.31. The lowest BCUT2D eigenvalue weighted by molar-refractivity contribution is -0.148. The first kappa shape index (κ1) is 23.0. The number of nitrogens with one attached hydrogen (secondary N) is 1. The molecule has 160 valence electrons. The predicted octanol–water partition coefficient (Wildman–Crippen LogP) is 4.80. The molecule has 0 heterocycles. The summed E-state index contributed by atoms with van der Waals surface area (Å²) in [6.07, 6.45) is 2.83. The second-order valence-corrected chi connectivity index (χ2v) is 6.88. The van der Waals surface area contributed by atoms with Crippen molar-refractivity contribution < 1.29 is 23.8 Å². The Morgan fingerprint density at radius 1 is 1.03 bits per heavy atom. The Morgan fingerprint density at radius 3 is 2.43 bits per heavy atom. The standard InChI is InChI=1S/C24H29NO5/c1-6-16(2)19-11-7-8-12-20(19)25-24(27)17(3)30-22(26)15-14-18-10-9-13-21(28-4)23(18)29-5/h7-17H,6H2,1-5H3,(H,25,27)/b15-14+/t16-,17-/m0/s1. The monoisotopic (exact) mass is 411 g/mol. The fourth-order valence-corrected chi connectivity index (χ4v) is 2.96. The summed E-state index contributed by atoms with van der Waals surface area (Å²) in [6, 6.07) is 13.0. The van der Waals surface area contributed by atoms with E-state index in [2.05, 4.69) is 19.2 Å². The van der Waals surface area contributed by atoms with Gasteiger partial charge in [-0.1, -0.05) is 44.2 Å². The second kappa shape index (κ2) is 11.0. The number of hydrogen-bond donors (Lipinski definition) is 1. The van der Waals surface area contributed by atoms with Gasteiger partial charge in [0, 0.05) is 17.3 Å². The van der Waals surface area contributed by atoms with Crippen LogP contribution in [0.2, 0.25) is 0 Å². The summed E-state index contributed by atoms with van der Waals surface area (Å²) in [5.74, 6) is 0.363. The van der Waals surface area contributed by atoms with Crippen molar-refractivity contribution >= 4 is 23.6 Å². The first-order valence-electron chi connectivity index (χ1n) is 9.90. The maximum Gasteiger partial charge on any atom is 0.331 e. The molecule has 2 aromatic rings. The lowest BCUT2D eigenvalue weighted by atomic mass is 9.97. The molecule has 2 aromatic carbocycles. The SMILES string of the molecule is CC[C@H](C)c1ccccc1NC(=O)[C@H](C)OC(=O)/C=C/c1cccc(OC)c1OC. The zero-order valence-electron chi connectivity index (χ0n) is 18.1. The number of para-hydroxylation sites is 2. The Hall–Kier alpha value is -3.28. The highest BCUT2D eigenvalue weighted by molar-refractivity contribution is 5.97. The van der Waals surface area contributed by atoms with Crippen LogP contribution < -0.4 is 14.8 Å². The van der Waals surface area contributed by atoms with E-state index in [0.717, 1.165) is 17.7 Å². The van der Waals surface area contributed by atoms with Crippen molar-refractivity contribution in [3.8, 4) is 11.5 Å². The van der Waals surface area contributed by atoms with Crippen LogP contribution in [0.3, 0.4) is 0 Å². The van der Waals surface area contributed by atoms with Gasteiger partial charge in [0.2, 0.25) is 0 Å². The van der Waals surface area contributed by atoms with Crippen molar-refractivity contribution in [1.82, 2.24) is 0 Å². The van der Waals surface area contributed by atoms with E-state index in [1.807, 2.05) is 24.3 Å². The minimum absolute atomic E-state index is 0.306. The number of carbonyl (C=O) groups excluding carboxylic acids is 2. The smallest absolute Gasteiger partial charge is 0.331 e. The molecule has 0 aliphatic rings. The molecule has 30 heavy (non-hydrogen) atoms. The minimum Gasteiger partial charge on any atom is -0.493 e. The Morgan fingerprint density at radius 2 is 1.77 bits per heavy atom. The molecule has 1 amide bonds. The van der Waals surface area contributed by atoms with E-state index in [4.69, 9.17) is 14.2 Å². The molecule has 2 rings (SSSR count). The van der Waals surface area contributed by atoms with E-state index in [0.29, 0.717) is 23.0 Å². The molecule has 0 spiro atoms. The number of rotatable bonds is 9. The summed E-state index contributed by atoms with van der Waals surface area (Å²) < 4.78 is 15.8. The fourth-order valence-electron chi connectivity index (χ4n) is 2.96. The molecule has 6 nitrogen and oxygen atoms in total. The molecule has 0 aliphatic carbocycles. The molecule has 0 bridgehead atoms. The maximum absolute atomic E-state index is 12.5. The second-order valence-electron chi connectivity index (χ2n) is 6.88. The molecular formula is C24H29NO5. The lowest BCUT2D eigenvalue weighted by Gasteiger charge is -2.17. The molecule has 0 aliphatic heterocycles. The molecule has 2 atom stereocenters. The van der Waals surface area contributed by atoms with E-state index in [1.165, 1.54) is 13.2 Å². The van der Waals surface area contributed by atoms with Crippen LogP contribution in [0.25, 0.3) is 6.08 Å². The molecule has 0 fully saturated rings. The van der Waals surface area contributed by atoms with Gasteiger partial charge in [-0.3, -0.25) is 4.79 Å². The Balaban J connectivity index is 2.03. The molecule has 0 radical (unpaired) electrons. The number of carbonyl (C=O) groups is 2. The van der Waals surface area contributed by atoms with Gasteiger partial charge < -0.3 is 19.5 Å². The molecule has 6 heteroatoms. The summed E-state index contributed by atoms with van der Waals surface area (Å²) in [4.78, 5) is 24.7. The number of esters is 1. The number of ether oxygens (including phenoxy) is 3. The third kappa shape index (κ3) is 5.86. The van der Waals surface area contributed by atoms with Crippen LogP contribution in [0.5, 0.6) is 11.5 Å². The fraction of sp³-hybridized carbons (Fsp3) is 0.333. The van der Waals surface area contributed by atoms with Gasteiger partial charge in [-0.25, -0.2) is 4.79 Å². The van der Waals surface area contributed by atoms with Crippen LogP contribution in [-0.2, 0) is 14.3 Å². The van der Waals surface area contributed by atoms with E-state index in [9.17, 15) is 9.59 Å². The van der Waals surface area contributed by atoms with Crippen molar-refractivity contribution in [3.05, 3.63) is 59.7 Å². The van der Waals surface area contributed by atoms with Crippen LogP contribution in [0.4, 0.5) is 5.69 Å². The molecule has 0 unspecified atom stereocenters. The van der Waals surface area contributed by atoms with Crippen molar-refractivity contribution in [1.29, 1.82) is 0 Å². The van der Waals surface area contributed by atoms with E-state index >= 15 is 0 Å². The molecule has 0 saturated carbocycles. The Bertz CT molecular complexity index is 906. The average Bonchev–Trinajstić information content (AvgIpc) is 2.76. The van der Waals surface area contributed by atoms with Gasteiger partial charge >= 0.3 is 5.97 Å². The van der Waals surface area contributed by atoms with Gasteiger partial charge in [0.25, 0.3) is 5.91 Å². The number of methoxy groups -OCH3 is 2. The van der Waals surface area contributed by atoms with Gasteiger partial charge in [-0.05, 0) is 43.0 Å². The summed E-state index contributed by atoms with van der Waals surface area (Å²) in [7, 11) is 3.07. The van der Waals surface area contributed by atoms with Crippen LogP contribution in [-0.4, -0.2) is 32.2 Å². The highest BCUT2D eigenvalue weighted by Gasteiger charge is 2.19. The zero-order valence-corrected chi connectivity index (χ0v) is 18.1. The summed E-state index contributed by atoms with van der Waals surface area (Å²) in [5, 5.41) is 2.86. The van der Waals surface area contributed by atoms with E-state index in [1.54, 1.807) is 38.3 Å². The topological polar surface area (TPSA) is 73.9 Å². The normalized spacial score (nSPS) is 12.8. The predicted molar refractivity (Wildman–Crippen MR) is 118 cm³/mol. The van der Waals surface area contributed by atoms with Crippen LogP contribution in [0.1, 0.15) is 44.2 Å². The lowest BCUT2D eigenvalue weighted by Crippen LogP contribution is -2.29. The van der Waals surface area contributed by atoms with Gasteiger partial charge in [0.15, 0.2) is 17.6 Å². The largest absolute Gasteiger partial charge is 0.493 e. The molecular weight excluding hydrogens is 382 g/mol. The van der Waals surface area contributed by atoms with Gasteiger partial charge in [0.1, 0.15) is 0 Å². The minimum atomic E-state index is -0.945. The summed E-state index contributed by atoms with van der Waals surface area (Å²) >= 11 is 0. The quantitative estimate of drug-likeness (QED) is 0.474. The third-order valence-corrected chi connectivity index (χ3v) is 4.86. The maximum atomic E-state index is 12.5. The Labute approximate surface area is 177 Å². The van der Waals surface area contributed by atoms with Gasteiger partial charge in [-0.15, -0.1) is 0 Å². The van der Waals surface area contributed by atoms with Crippen molar-refractivity contribution in [2.24, 2.45) is 0 Å². The third-order valence-electron chi connectivity index (χ3n) is 4.86. The summed E-state index contributed by atoms with van der Waals surface area (Å²) in [5.41, 5.74) is 2.45. The Kier molecular flexibility index (Phi) is 8.47. The molecule has 0 saturated heterocycles. The van der Waals surface area contributed by atoms with Crippen LogP contribution in [0, 0.1) is 0 Å². The van der Waals surface area contributed by atoms with Crippen LogP contribution >= 0.6 is 0 Å². The molecule has 0 aromatic heterocycles.